The maximum absolute atomic E-state index is 3.73. The SMILES string of the molecule is CCCC1CCC(C(NC)C2CC(C)CC(C)C2)CC1. The molecule has 2 aliphatic rings. The Morgan fingerprint density at radius 2 is 1.50 bits per heavy atom. The lowest BCUT2D eigenvalue weighted by molar-refractivity contribution is 0.118. The van der Waals surface area contributed by atoms with Gasteiger partial charge in [0, 0.05) is 6.04 Å². The average Bonchev–Trinajstić information content (AvgIpc) is 2.41. The molecule has 2 aliphatic carbocycles. The van der Waals surface area contributed by atoms with Crippen LogP contribution in [0.3, 0.4) is 0 Å². The Morgan fingerprint density at radius 3 is 2.00 bits per heavy atom. The van der Waals surface area contributed by atoms with E-state index in [-0.39, 0.29) is 0 Å². The second kappa shape index (κ2) is 7.82. The van der Waals surface area contributed by atoms with Crippen molar-refractivity contribution in [3.8, 4) is 0 Å². The van der Waals surface area contributed by atoms with E-state index in [9.17, 15) is 0 Å². The molecule has 0 aliphatic heterocycles. The standard InChI is InChI=1S/C19H37N/c1-5-6-16-7-9-17(10-8-16)19(20-4)18-12-14(2)11-15(3)13-18/h14-20H,5-13H2,1-4H3. The molecule has 0 radical (unpaired) electrons. The molecule has 0 bridgehead atoms. The van der Waals surface area contributed by atoms with Crippen molar-refractivity contribution in [2.24, 2.45) is 29.6 Å². The number of hydrogen-bond acceptors (Lipinski definition) is 1. The summed E-state index contributed by atoms with van der Waals surface area (Å²) in [5, 5.41) is 3.73. The largest absolute Gasteiger partial charge is 0.316 e. The van der Waals surface area contributed by atoms with Crippen molar-refractivity contribution in [1.29, 1.82) is 0 Å². The van der Waals surface area contributed by atoms with Crippen LogP contribution in [0.5, 0.6) is 0 Å². The number of nitrogens with one attached hydrogen (secondary N) is 1. The average molecular weight is 280 g/mol. The van der Waals surface area contributed by atoms with Gasteiger partial charge in [-0.3, -0.25) is 0 Å². The Morgan fingerprint density at radius 1 is 0.900 bits per heavy atom. The van der Waals surface area contributed by atoms with Gasteiger partial charge in [0.2, 0.25) is 0 Å². The lowest BCUT2D eigenvalue weighted by Crippen LogP contribution is -2.44. The first-order valence-corrected chi connectivity index (χ1v) is 9.31. The topological polar surface area (TPSA) is 12.0 Å². The van der Waals surface area contributed by atoms with Crippen LogP contribution in [0.2, 0.25) is 0 Å². The van der Waals surface area contributed by atoms with Gasteiger partial charge in [-0.25, -0.2) is 0 Å². The zero-order valence-electron chi connectivity index (χ0n) is 14.3. The van der Waals surface area contributed by atoms with E-state index >= 15 is 0 Å². The minimum absolute atomic E-state index is 0.794. The zero-order valence-corrected chi connectivity index (χ0v) is 14.3. The minimum atomic E-state index is 0.794. The van der Waals surface area contributed by atoms with Crippen molar-refractivity contribution >= 4 is 0 Å². The van der Waals surface area contributed by atoms with Crippen LogP contribution in [-0.2, 0) is 0 Å². The van der Waals surface area contributed by atoms with E-state index in [4.69, 9.17) is 0 Å². The molecule has 2 rings (SSSR count). The van der Waals surface area contributed by atoms with Gasteiger partial charge in [-0.15, -0.1) is 0 Å². The summed E-state index contributed by atoms with van der Waals surface area (Å²) in [6, 6.07) is 0.794. The molecule has 0 amide bonds. The molecule has 1 nitrogen and oxygen atoms in total. The molecule has 3 atom stereocenters. The quantitative estimate of drug-likeness (QED) is 0.724. The van der Waals surface area contributed by atoms with Crippen LogP contribution in [0.1, 0.15) is 78.6 Å². The Bertz CT molecular complexity index is 257. The molecule has 0 aromatic rings. The maximum Gasteiger partial charge on any atom is 0.0121 e. The van der Waals surface area contributed by atoms with Crippen molar-refractivity contribution in [2.75, 3.05) is 7.05 Å². The first-order valence-electron chi connectivity index (χ1n) is 9.31. The molecule has 3 unspecified atom stereocenters. The first kappa shape index (κ1) is 16.3. The lowest BCUT2D eigenvalue weighted by Gasteiger charge is -2.42. The predicted octanol–water partition coefficient (Wildman–Crippen LogP) is 5.25. The molecule has 1 heteroatoms. The monoisotopic (exact) mass is 279 g/mol. The molecular weight excluding hydrogens is 242 g/mol. The summed E-state index contributed by atoms with van der Waals surface area (Å²) in [4.78, 5) is 0. The summed E-state index contributed by atoms with van der Waals surface area (Å²) >= 11 is 0. The van der Waals surface area contributed by atoms with Crippen LogP contribution >= 0.6 is 0 Å². The summed E-state index contributed by atoms with van der Waals surface area (Å²) < 4.78 is 0. The van der Waals surface area contributed by atoms with E-state index in [0.717, 1.165) is 35.6 Å². The smallest absolute Gasteiger partial charge is 0.0121 e. The van der Waals surface area contributed by atoms with Gasteiger partial charge >= 0.3 is 0 Å². The molecule has 0 aromatic heterocycles. The van der Waals surface area contributed by atoms with Crippen molar-refractivity contribution in [2.45, 2.75) is 84.6 Å². The number of rotatable bonds is 5. The molecule has 2 fully saturated rings. The fraction of sp³-hybridized carbons (Fsp3) is 1.00. The molecular formula is C19H37N. The second-order valence-corrected chi connectivity index (χ2v) is 8.06. The van der Waals surface area contributed by atoms with E-state index in [0.29, 0.717) is 0 Å². The van der Waals surface area contributed by atoms with Crippen molar-refractivity contribution in [3.05, 3.63) is 0 Å². The fourth-order valence-corrected chi connectivity index (χ4v) is 5.40. The Hall–Kier alpha value is -0.0400. The van der Waals surface area contributed by atoms with Crippen LogP contribution in [0.15, 0.2) is 0 Å². The lowest BCUT2D eigenvalue weighted by atomic mass is 9.67. The maximum atomic E-state index is 3.73. The highest BCUT2D eigenvalue weighted by molar-refractivity contribution is 4.89. The van der Waals surface area contributed by atoms with Crippen molar-refractivity contribution < 1.29 is 0 Å². The van der Waals surface area contributed by atoms with E-state index in [1.54, 1.807) is 0 Å². The molecule has 20 heavy (non-hydrogen) atoms. The van der Waals surface area contributed by atoms with Crippen molar-refractivity contribution in [1.82, 2.24) is 5.32 Å². The molecule has 2 saturated carbocycles. The number of hydrogen-bond donors (Lipinski definition) is 1. The third-order valence-corrected chi connectivity index (χ3v) is 6.15. The van der Waals surface area contributed by atoms with Crippen LogP contribution in [0.25, 0.3) is 0 Å². The molecule has 1 N–H and O–H groups in total. The van der Waals surface area contributed by atoms with Gasteiger partial charge < -0.3 is 5.32 Å². The Labute approximate surface area is 127 Å². The Balaban J connectivity index is 1.88. The highest BCUT2D eigenvalue weighted by Gasteiger charge is 2.35. The fourth-order valence-electron chi connectivity index (χ4n) is 5.40. The highest BCUT2D eigenvalue weighted by atomic mass is 14.9. The molecule has 118 valence electrons. The first-order chi connectivity index (χ1) is 9.63. The van der Waals surface area contributed by atoms with Crippen LogP contribution in [0, 0.1) is 29.6 Å². The van der Waals surface area contributed by atoms with E-state index < -0.39 is 0 Å². The summed E-state index contributed by atoms with van der Waals surface area (Å²) in [5.41, 5.74) is 0. The third kappa shape index (κ3) is 4.23. The van der Waals surface area contributed by atoms with E-state index in [1.165, 1.54) is 57.8 Å². The Kier molecular flexibility index (Phi) is 6.39. The van der Waals surface area contributed by atoms with Crippen LogP contribution in [-0.4, -0.2) is 13.1 Å². The van der Waals surface area contributed by atoms with E-state index in [2.05, 4.69) is 33.1 Å². The van der Waals surface area contributed by atoms with Gasteiger partial charge in [0.15, 0.2) is 0 Å². The summed E-state index contributed by atoms with van der Waals surface area (Å²) in [7, 11) is 2.22. The molecule has 0 spiro atoms. The van der Waals surface area contributed by atoms with Gasteiger partial charge in [-0.1, -0.05) is 46.5 Å². The summed E-state index contributed by atoms with van der Waals surface area (Å²) in [5.74, 6) is 4.81. The van der Waals surface area contributed by atoms with E-state index in [1.807, 2.05) is 0 Å². The molecule has 0 heterocycles. The van der Waals surface area contributed by atoms with Crippen LogP contribution in [0.4, 0.5) is 0 Å². The molecule has 0 saturated heterocycles. The van der Waals surface area contributed by atoms with Gasteiger partial charge in [0.1, 0.15) is 0 Å². The summed E-state index contributed by atoms with van der Waals surface area (Å²) in [6.45, 7) is 7.27. The van der Waals surface area contributed by atoms with Gasteiger partial charge in [0.25, 0.3) is 0 Å². The third-order valence-electron chi connectivity index (χ3n) is 6.15. The van der Waals surface area contributed by atoms with Crippen LogP contribution < -0.4 is 5.32 Å². The molecule has 0 aromatic carbocycles. The zero-order chi connectivity index (χ0) is 14.5. The predicted molar refractivity (Wildman–Crippen MR) is 88.9 cm³/mol. The normalized spacial score (nSPS) is 40.5. The van der Waals surface area contributed by atoms with Gasteiger partial charge in [-0.05, 0) is 68.7 Å². The van der Waals surface area contributed by atoms with Crippen molar-refractivity contribution in [3.63, 3.8) is 0 Å². The highest BCUT2D eigenvalue weighted by Crippen LogP contribution is 2.41. The minimum Gasteiger partial charge on any atom is -0.316 e. The summed E-state index contributed by atoms with van der Waals surface area (Å²) in [6.07, 6.45) is 13.2. The van der Waals surface area contributed by atoms with Gasteiger partial charge in [0.05, 0.1) is 0 Å². The second-order valence-electron chi connectivity index (χ2n) is 8.06. The van der Waals surface area contributed by atoms with Gasteiger partial charge in [-0.2, -0.15) is 0 Å².